The average Bonchev–Trinajstić information content (AvgIpc) is 3.43. The summed E-state index contributed by atoms with van der Waals surface area (Å²) in [7, 11) is 0. The highest BCUT2D eigenvalue weighted by atomic mass is 19.1. The van der Waals surface area contributed by atoms with Gasteiger partial charge in [-0.15, -0.1) is 0 Å². The molecule has 0 radical (unpaired) electrons. The van der Waals surface area contributed by atoms with Crippen LogP contribution >= 0.6 is 0 Å². The van der Waals surface area contributed by atoms with Crippen LogP contribution in [0.1, 0.15) is 52.7 Å². The van der Waals surface area contributed by atoms with Gasteiger partial charge in [0.2, 0.25) is 5.95 Å². The van der Waals surface area contributed by atoms with Crippen LogP contribution in [0.3, 0.4) is 0 Å². The molecule has 5 heterocycles. The highest BCUT2D eigenvalue weighted by Crippen LogP contribution is 2.35. The number of pyridine rings is 1. The number of hydrogen-bond donors (Lipinski definition) is 2. The number of aromatic amines is 1. The van der Waals surface area contributed by atoms with Gasteiger partial charge >= 0.3 is 0 Å². The summed E-state index contributed by atoms with van der Waals surface area (Å²) in [6.07, 6.45) is 10.4. The zero-order valence-corrected chi connectivity index (χ0v) is 17.2. The summed E-state index contributed by atoms with van der Waals surface area (Å²) in [4.78, 5) is 31.1. The quantitative estimate of drug-likeness (QED) is 0.513. The van der Waals surface area contributed by atoms with Gasteiger partial charge < -0.3 is 15.2 Å². The smallest absolute Gasteiger partial charge is 0.254 e. The van der Waals surface area contributed by atoms with E-state index < -0.39 is 0 Å². The number of nitrogens with zero attached hydrogens (tertiary/aromatic N) is 6. The molecular weight excluding hydrogens is 411 g/mol. The van der Waals surface area contributed by atoms with Crippen LogP contribution in [0.25, 0.3) is 5.52 Å². The first-order chi connectivity index (χ1) is 15.7. The first-order valence-electron chi connectivity index (χ1n) is 10.7. The number of carbonyl (C=O) groups is 1. The molecule has 1 aliphatic heterocycles. The molecule has 1 amide bonds. The Morgan fingerprint density at radius 3 is 2.81 bits per heavy atom. The number of carbonyl (C=O) groups excluding carboxylic acids is 1. The maximum absolute atomic E-state index is 14.3. The van der Waals surface area contributed by atoms with E-state index in [1.807, 2.05) is 4.90 Å². The van der Waals surface area contributed by atoms with Gasteiger partial charge in [0.1, 0.15) is 17.4 Å². The third kappa shape index (κ3) is 3.10. The molecule has 1 saturated carbocycles. The molecule has 0 bridgehead atoms. The van der Waals surface area contributed by atoms with Crippen molar-refractivity contribution in [3.63, 3.8) is 0 Å². The van der Waals surface area contributed by atoms with E-state index in [1.54, 1.807) is 37.1 Å². The molecule has 0 unspecified atom stereocenters. The minimum Gasteiger partial charge on any atom is -0.349 e. The van der Waals surface area contributed by atoms with Crippen LogP contribution in [0.15, 0.2) is 43.1 Å². The van der Waals surface area contributed by atoms with Gasteiger partial charge in [0.05, 0.1) is 23.3 Å². The van der Waals surface area contributed by atoms with Crippen molar-refractivity contribution in [3.05, 3.63) is 71.6 Å². The van der Waals surface area contributed by atoms with Crippen molar-refractivity contribution in [3.8, 4) is 0 Å². The number of anilines is 1. The van der Waals surface area contributed by atoms with Crippen LogP contribution in [0, 0.1) is 5.82 Å². The largest absolute Gasteiger partial charge is 0.349 e. The summed E-state index contributed by atoms with van der Waals surface area (Å²) < 4.78 is 15.8. The van der Waals surface area contributed by atoms with Gasteiger partial charge in [-0.3, -0.25) is 4.79 Å². The van der Waals surface area contributed by atoms with Gasteiger partial charge in [-0.25, -0.2) is 23.9 Å². The van der Waals surface area contributed by atoms with E-state index >= 15 is 0 Å². The molecule has 6 rings (SSSR count). The lowest BCUT2D eigenvalue weighted by molar-refractivity contribution is 0.0916. The molecule has 0 aromatic carbocycles. The minimum atomic E-state index is -0.376. The molecule has 2 N–H and O–H groups in total. The van der Waals surface area contributed by atoms with Crippen LogP contribution in [0.2, 0.25) is 0 Å². The van der Waals surface area contributed by atoms with Gasteiger partial charge in [-0.1, -0.05) is 0 Å². The molecule has 10 heteroatoms. The van der Waals surface area contributed by atoms with E-state index in [0.29, 0.717) is 29.3 Å². The van der Waals surface area contributed by atoms with E-state index in [-0.39, 0.29) is 23.8 Å². The number of rotatable bonds is 4. The number of amides is 1. The number of hydrogen-bond acceptors (Lipinski definition) is 6. The Labute approximate surface area is 182 Å². The standard InChI is InChI=1S/C22H21FN8O/c23-15-5-2-7-31-18(15)9-17(29-31)20-19-16(26-12-27-19)6-8-30(20)22-24-10-13(11-25-22)21(32)28-14-3-1-4-14/h2,5,7,9-12,14,20H,1,3-4,6,8H2,(H,26,27)(H,28,32)/t20-/m0/s1. The van der Waals surface area contributed by atoms with Crippen molar-refractivity contribution in [1.29, 1.82) is 0 Å². The fraction of sp³-hybridized carbons (Fsp3) is 0.318. The van der Waals surface area contributed by atoms with Crippen LogP contribution in [-0.2, 0) is 6.42 Å². The molecular formula is C22H21FN8O. The Morgan fingerprint density at radius 1 is 1.22 bits per heavy atom. The Hall–Kier alpha value is -3.82. The van der Waals surface area contributed by atoms with Crippen molar-refractivity contribution < 1.29 is 9.18 Å². The fourth-order valence-electron chi connectivity index (χ4n) is 4.33. The van der Waals surface area contributed by atoms with Crippen molar-refractivity contribution >= 4 is 17.4 Å². The summed E-state index contributed by atoms with van der Waals surface area (Å²) in [5.74, 6) is -0.0165. The lowest BCUT2D eigenvalue weighted by Crippen LogP contribution is -2.40. The molecule has 0 spiro atoms. The van der Waals surface area contributed by atoms with E-state index in [9.17, 15) is 9.18 Å². The molecule has 2 aliphatic rings. The molecule has 32 heavy (non-hydrogen) atoms. The SMILES string of the molecule is O=C(NC1CCC1)c1cnc(N2CCc3[nH]cnc3[C@@H]2c2cc3c(F)cccn3n2)nc1. The molecule has 1 fully saturated rings. The van der Waals surface area contributed by atoms with Crippen molar-refractivity contribution in [2.24, 2.45) is 0 Å². The van der Waals surface area contributed by atoms with Crippen molar-refractivity contribution in [2.75, 3.05) is 11.4 Å². The third-order valence-corrected chi connectivity index (χ3v) is 6.27. The molecule has 4 aromatic rings. The second-order valence-electron chi connectivity index (χ2n) is 8.24. The molecule has 0 saturated heterocycles. The predicted molar refractivity (Wildman–Crippen MR) is 114 cm³/mol. The van der Waals surface area contributed by atoms with Crippen LogP contribution in [0.4, 0.5) is 10.3 Å². The summed E-state index contributed by atoms with van der Waals surface area (Å²) in [6, 6.07) is 4.64. The molecule has 162 valence electrons. The highest BCUT2D eigenvalue weighted by molar-refractivity contribution is 5.93. The number of imidazole rings is 1. The summed E-state index contributed by atoms with van der Waals surface area (Å²) in [5.41, 5.74) is 3.31. The Bertz CT molecular complexity index is 1290. The lowest BCUT2D eigenvalue weighted by Gasteiger charge is -2.33. The summed E-state index contributed by atoms with van der Waals surface area (Å²) in [5, 5.41) is 7.61. The molecule has 9 nitrogen and oxygen atoms in total. The fourth-order valence-corrected chi connectivity index (χ4v) is 4.33. The third-order valence-electron chi connectivity index (χ3n) is 6.27. The second-order valence-corrected chi connectivity index (χ2v) is 8.24. The van der Waals surface area contributed by atoms with E-state index in [1.165, 1.54) is 10.6 Å². The van der Waals surface area contributed by atoms with Gasteiger partial charge in [0, 0.05) is 43.3 Å². The Kier molecular flexibility index (Phi) is 4.37. The van der Waals surface area contributed by atoms with Crippen LogP contribution < -0.4 is 10.2 Å². The van der Waals surface area contributed by atoms with Crippen LogP contribution in [-0.4, -0.2) is 48.0 Å². The molecule has 1 aliphatic carbocycles. The zero-order valence-electron chi connectivity index (χ0n) is 17.2. The maximum Gasteiger partial charge on any atom is 0.254 e. The van der Waals surface area contributed by atoms with E-state index in [0.717, 1.165) is 37.1 Å². The van der Waals surface area contributed by atoms with Crippen molar-refractivity contribution in [2.45, 2.75) is 37.8 Å². The highest BCUT2D eigenvalue weighted by Gasteiger charge is 2.35. The summed E-state index contributed by atoms with van der Waals surface area (Å²) in [6.45, 7) is 0.629. The van der Waals surface area contributed by atoms with Gasteiger partial charge in [0.15, 0.2) is 0 Å². The lowest BCUT2D eigenvalue weighted by atomic mass is 9.93. The monoisotopic (exact) mass is 432 g/mol. The predicted octanol–water partition coefficient (Wildman–Crippen LogP) is 2.42. The van der Waals surface area contributed by atoms with Gasteiger partial charge in [-0.05, 0) is 37.5 Å². The van der Waals surface area contributed by atoms with E-state index in [2.05, 4.69) is 30.4 Å². The van der Waals surface area contributed by atoms with Gasteiger partial charge in [-0.2, -0.15) is 5.10 Å². The van der Waals surface area contributed by atoms with Crippen LogP contribution in [0.5, 0.6) is 0 Å². The number of halogens is 1. The van der Waals surface area contributed by atoms with Crippen molar-refractivity contribution in [1.82, 2.24) is 34.9 Å². The van der Waals surface area contributed by atoms with E-state index in [4.69, 9.17) is 0 Å². The number of aromatic nitrogens is 6. The van der Waals surface area contributed by atoms with Gasteiger partial charge in [0.25, 0.3) is 5.91 Å². The molecule has 1 atom stereocenters. The number of H-pyrrole nitrogens is 1. The minimum absolute atomic E-state index is 0.151. The topological polar surface area (TPSA) is 104 Å². The number of nitrogens with one attached hydrogen (secondary N) is 2. The zero-order chi connectivity index (χ0) is 21.7. The maximum atomic E-state index is 14.3. The number of fused-ring (bicyclic) bond motifs is 2. The first-order valence-corrected chi connectivity index (χ1v) is 10.7. The average molecular weight is 432 g/mol. The Morgan fingerprint density at radius 2 is 2.06 bits per heavy atom. The summed E-state index contributed by atoms with van der Waals surface area (Å²) >= 11 is 0. The Balaban J connectivity index is 1.35. The first kappa shape index (κ1) is 18.9. The molecule has 4 aromatic heterocycles. The normalized spacial score (nSPS) is 18.4. The second kappa shape index (κ2) is 7.40.